The quantitative estimate of drug-likeness (QED) is 0.678. The van der Waals surface area contributed by atoms with Crippen LogP contribution in [0.25, 0.3) is 11.0 Å². The standard InChI is InChI=1S/C8H6BrFN2/c1-12-4-7(10)6-2-5(9)3-11-8(6)12/h2-4H,1H3. The summed E-state index contributed by atoms with van der Waals surface area (Å²) in [5, 5.41) is 0.548. The van der Waals surface area contributed by atoms with Crippen molar-refractivity contribution in [3.8, 4) is 0 Å². The van der Waals surface area contributed by atoms with Crippen molar-refractivity contribution in [2.45, 2.75) is 0 Å². The van der Waals surface area contributed by atoms with E-state index < -0.39 is 0 Å². The normalized spacial score (nSPS) is 10.9. The van der Waals surface area contributed by atoms with Crippen molar-refractivity contribution in [2.24, 2.45) is 7.05 Å². The van der Waals surface area contributed by atoms with Crippen LogP contribution in [-0.2, 0) is 7.05 Å². The second kappa shape index (κ2) is 2.55. The van der Waals surface area contributed by atoms with Gasteiger partial charge in [-0.15, -0.1) is 0 Å². The van der Waals surface area contributed by atoms with E-state index in [1.807, 2.05) is 0 Å². The van der Waals surface area contributed by atoms with Crippen molar-refractivity contribution < 1.29 is 4.39 Å². The SMILES string of the molecule is Cn1cc(F)c2cc(Br)cnc21. The molecule has 2 aromatic heterocycles. The number of nitrogens with zero attached hydrogens (tertiary/aromatic N) is 2. The van der Waals surface area contributed by atoms with Crippen LogP contribution in [-0.4, -0.2) is 9.55 Å². The zero-order valence-electron chi connectivity index (χ0n) is 6.38. The first-order valence-corrected chi connectivity index (χ1v) is 4.24. The van der Waals surface area contributed by atoms with Crippen molar-refractivity contribution in [3.63, 3.8) is 0 Å². The summed E-state index contributed by atoms with van der Waals surface area (Å²) in [7, 11) is 1.77. The van der Waals surface area contributed by atoms with Gasteiger partial charge >= 0.3 is 0 Å². The average molecular weight is 229 g/mol. The molecule has 0 aliphatic carbocycles. The number of pyridine rings is 1. The lowest BCUT2D eigenvalue weighted by molar-refractivity contribution is 0.633. The molecular formula is C8H6BrFN2. The molecule has 2 nitrogen and oxygen atoms in total. The fraction of sp³-hybridized carbons (Fsp3) is 0.125. The Hall–Kier alpha value is -0.900. The molecule has 2 aromatic rings. The van der Waals surface area contributed by atoms with Crippen molar-refractivity contribution >= 4 is 27.0 Å². The number of halogens is 2. The maximum absolute atomic E-state index is 13.1. The van der Waals surface area contributed by atoms with Crippen LogP contribution in [0.3, 0.4) is 0 Å². The number of hydrogen-bond donors (Lipinski definition) is 0. The summed E-state index contributed by atoms with van der Waals surface area (Å²) in [5.74, 6) is -0.235. The van der Waals surface area contributed by atoms with Gasteiger partial charge in [-0.2, -0.15) is 0 Å². The van der Waals surface area contributed by atoms with Gasteiger partial charge in [0.25, 0.3) is 0 Å². The summed E-state index contributed by atoms with van der Waals surface area (Å²) >= 11 is 3.24. The summed E-state index contributed by atoms with van der Waals surface area (Å²) in [6.45, 7) is 0. The summed E-state index contributed by atoms with van der Waals surface area (Å²) in [6.07, 6.45) is 3.08. The molecule has 4 heteroatoms. The molecule has 2 heterocycles. The van der Waals surface area contributed by atoms with Crippen LogP contribution in [0, 0.1) is 5.82 Å². The minimum atomic E-state index is -0.235. The van der Waals surface area contributed by atoms with Gasteiger partial charge in [0.05, 0.1) is 5.39 Å². The Morgan fingerprint density at radius 1 is 1.58 bits per heavy atom. The zero-order valence-corrected chi connectivity index (χ0v) is 7.97. The highest BCUT2D eigenvalue weighted by molar-refractivity contribution is 9.10. The Balaban J connectivity index is 2.90. The molecule has 12 heavy (non-hydrogen) atoms. The molecule has 0 N–H and O–H groups in total. The van der Waals surface area contributed by atoms with Crippen molar-refractivity contribution in [1.82, 2.24) is 9.55 Å². The molecule has 0 fully saturated rings. The average Bonchev–Trinajstić information content (AvgIpc) is 2.28. The smallest absolute Gasteiger partial charge is 0.150 e. The van der Waals surface area contributed by atoms with Gasteiger partial charge in [0.1, 0.15) is 11.5 Å². The predicted molar refractivity (Wildman–Crippen MR) is 48.4 cm³/mol. The van der Waals surface area contributed by atoms with E-state index in [4.69, 9.17) is 0 Å². The van der Waals surface area contributed by atoms with Gasteiger partial charge in [0, 0.05) is 23.9 Å². The van der Waals surface area contributed by atoms with E-state index in [0.717, 1.165) is 4.47 Å². The Morgan fingerprint density at radius 3 is 3.08 bits per heavy atom. The van der Waals surface area contributed by atoms with Gasteiger partial charge in [-0.05, 0) is 22.0 Å². The topological polar surface area (TPSA) is 17.8 Å². The van der Waals surface area contributed by atoms with Crippen molar-refractivity contribution in [2.75, 3.05) is 0 Å². The minimum Gasteiger partial charge on any atom is -0.333 e. The van der Waals surface area contributed by atoms with Gasteiger partial charge in [0.15, 0.2) is 0 Å². The molecule has 0 aliphatic rings. The lowest BCUT2D eigenvalue weighted by atomic mass is 10.3. The van der Waals surface area contributed by atoms with Crippen LogP contribution in [0.4, 0.5) is 4.39 Å². The number of hydrogen-bond acceptors (Lipinski definition) is 1. The molecule has 0 saturated carbocycles. The molecule has 0 aromatic carbocycles. The summed E-state index contributed by atoms with van der Waals surface area (Å²) in [4.78, 5) is 4.08. The van der Waals surface area contributed by atoms with Crippen LogP contribution in [0.2, 0.25) is 0 Å². The predicted octanol–water partition coefficient (Wildman–Crippen LogP) is 2.47. The molecule has 2 rings (SSSR count). The Kier molecular flexibility index (Phi) is 1.65. The van der Waals surface area contributed by atoms with Crippen LogP contribution >= 0.6 is 15.9 Å². The Morgan fingerprint density at radius 2 is 2.33 bits per heavy atom. The van der Waals surface area contributed by atoms with Gasteiger partial charge in [-0.1, -0.05) is 0 Å². The summed E-state index contributed by atoms with van der Waals surface area (Å²) in [5.41, 5.74) is 0.663. The molecule has 0 spiro atoms. The fourth-order valence-electron chi connectivity index (χ4n) is 1.19. The van der Waals surface area contributed by atoms with E-state index in [2.05, 4.69) is 20.9 Å². The van der Waals surface area contributed by atoms with Gasteiger partial charge in [-0.3, -0.25) is 0 Å². The van der Waals surface area contributed by atoms with Crippen molar-refractivity contribution in [1.29, 1.82) is 0 Å². The number of rotatable bonds is 0. The lowest BCUT2D eigenvalue weighted by Gasteiger charge is -1.93. The maximum Gasteiger partial charge on any atom is 0.150 e. The first-order chi connectivity index (χ1) is 5.68. The monoisotopic (exact) mass is 228 g/mol. The van der Waals surface area contributed by atoms with E-state index in [1.54, 1.807) is 23.9 Å². The van der Waals surface area contributed by atoms with E-state index in [9.17, 15) is 4.39 Å². The van der Waals surface area contributed by atoms with E-state index in [0.29, 0.717) is 11.0 Å². The van der Waals surface area contributed by atoms with Gasteiger partial charge in [-0.25, -0.2) is 9.37 Å². The highest BCUT2D eigenvalue weighted by Gasteiger charge is 2.06. The van der Waals surface area contributed by atoms with E-state index >= 15 is 0 Å². The third-order valence-electron chi connectivity index (χ3n) is 1.73. The third kappa shape index (κ3) is 1.03. The second-order valence-electron chi connectivity index (χ2n) is 2.61. The maximum atomic E-state index is 13.1. The Bertz CT molecular complexity index is 436. The first-order valence-electron chi connectivity index (χ1n) is 3.44. The molecular weight excluding hydrogens is 223 g/mol. The molecule has 62 valence electrons. The van der Waals surface area contributed by atoms with Crippen LogP contribution in [0.15, 0.2) is 22.9 Å². The molecule has 0 bridgehead atoms. The van der Waals surface area contributed by atoms with Crippen molar-refractivity contribution in [3.05, 3.63) is 28.7 Å². The largest absolute Gasteiger partial charge is 0.333 e. The van der Waals surface area contributed by atoms with Crippen LogP contribution < -0.4 is 0 Å². The molecule has 0 amide bonds. The Labute approximate surface area is 77.1 Å². The summed E-state index contributed by atoms with van der Waals surface area (Å²) < 4.78 is 15.6. The minimum absolute atomic E-state index is 0.235. The van der Waals surface area contributed by atoms with E-state index in [1.165, 1.54) is 6.20 Å². The molecule has 0 saturated heterocycles. The highest BCUT2D eigenvalue weighted by Crippen LogP contribution is 2.20. The first kappa shape index (κ1) is 7.73. The number of aromatic nitrogens is 2. The molecule has 0 atom stereocenters. The number of aryl methyl sites for hydroxylation is 1. The second-order valence-corrected chi connectivity index (χ2v) is 3.53. The zero-order chi connectivity index (χ0) is 8.72. The van der Waals surface area contributed by atoms with Crippen LogP contribution in [0.1, 0.15) is 0 Å². The summed E-state index contributed by atoms with van der Waals surface area (Å²) in [6, 6.07) is 1.72. The molecule has 0 unspecified atom stereocenters. The van der Waals surface area contributed by atoms with E-state index in [-0.39, 0.29) is 5.82 Å². The third-order valence-corrected chi connectivity index (χ3v) is 2.17. The fourth-order valence-corrected chi connectivity index (χ4v) is 1.52. The van der Waals surface area contributed by atoms with Crippen LogP contribution in [0.5, 0.6) is 0 Å². The lowest BCUT2D eigenvalue weighted by Crippen LogP contribution is -1.86. The highest BCUT2D eigenvalue weighted by atomic mass is 79.9. The number of fused-ring (bicyclic) bond motifs is 1. The van der Waals surface area contributed by atoms with Gasteiger partial charge in [0.2, 0.25) is 0 Å². The molecule has 0 aliphatic heterocycles. The van der Waals surface area contributed by atoms with Gasteiger partial charge < -0.3 is 4.57 Å². The molecule has 0 radical (unpaired) electrons.